The molecule has 0 aliphatic heterocycles. The smallest absolute Gasteiger partial charge is 0.201 e. The van der Waals surface area contributed by atoms with Gasteiger partial charge < -0.3 is 4.74 Å². The zero-order valence-electron chi connectivity index (χ0n) is 25.9. The fourth-order valence-electron chi connectivity index (χ4n) is 7.41. The van der Waals surface area contributed by atoms with E-state index in [0.717, 1.165) is 54.6 Å². The first kappa shape index (κ1) is 31.4. The van der Waals surface area contributed by atoms with Gasteiger partial charge in [-0.25, -0.2) is 8.78 Å². The summed E-state index contributed by atoms with van der Waals surface area (Å²) in [5.41, 5.74) is 3.05. The Morgan fingerprint density at radius 3 is 2.00 bits per heavy atom. The topological polar surface area (TPSA) is 9.23 Å². The summed E-state index contributed by atoms with van der Waals surface area (Å²) in [5, 5.41) is 0. The predicted octanol–water partition coefficient (Wildman–Crippen LogP) is 12.1. The molecule has 230 valence electrons. The van der Waals surface area contributed by atoms with Gasteiger partial charge in [0.1, 0.15) is 5.82 Å². The number of ether oxygens (including phenoxy) is 1. The van der Waals surface area contributed by atoms with Crippen molar-refractivity contribution in [2.75, 3.05) is 6.61 Å². The highest BCUT2D eigenvalue weighted by atomic mass is 19.2. The highest BCUT2D eigenvalue weighted by Crippen LogP contribution is 2.45. The van der Waals surface area contributed by atoms with E-state index in [1.807, 2.05) is 13.0 Å². The Morgan fingerprint density at radius 2 is 1.37 bits per heavy atom. The highest BCUT2D eigenvalue weighted by Gasteiger charge is 2.31. The number of hydrogen-bond donors (Lipinski definition) is 0. The third-order valence-electron chi connectivity index (χ3n) is 10.1. The standard InChI is InChI=1S/C39H47F3O/c1-3-5-7-8-27-9-11-28(12-10-27)29-13-15-30(16-14-29)33-21-22-34(36(40)26-33)31-17-19-32(20-18-31)35-23-24-37(39(42)38(35)41)43-25-6-4-2/h3,5,17-24,26-30H,4,6-16,25H2,1-2H3/b5-3+. The zero-order chi connectivity index (χ0) is 30.2. The van der Waals surface area contributed by atoms with Crippen LogP contribution >= 0.6 is 0 Å². The maximum Gasteiger partial charge on any atom is 0.201 e. The molecule has 0 radical (unpaired) electrons. The van der Waals surface area contributed by atoms with Gasteiger partial charge in [0.05, 0.1) is 6.61 Å². The van der Waals surface area contributed by atoms with Crippen molar-refractivity contribution in [3.8, 4) is 28.0 Å². The van der Waals surface area contributed by atoms with Crippen LogP contribution in [-0.4, -0.2) is 6.61 Å². The van der Waals surface area contributed by atoms with Crippen LogP contribution in [0.2, 0.25) is 0 Å². The molecule has 0 amide bonds. The molecule has 3 aromatic carbocycles. The van der Waals surface area contributed by atoms with Gasteiger partial charge in [0.25, 0.3) is 0 Å². The SMILES string of the molecule is C/C=C/CCC1CCC(C2CCC(c3ccc(-c4ccc(-c5ccc(OCCCC)c(F)c5F)cc4)c(F)c3)CC2)CC1. The molecule has 1 nitrogen and oxygen atoms in total. The first-order valence-corrected chi connectivity index (χ1v) is 16.6. The summed E-state index contributed by atoms with van der Waals surface area (Å²) in [5.74, 6) is 0.839. The molecule has 5 rings (SSSR count). The van der Waals surface area contributed by atoms with Crippen LogP contribution in [0.25, 0.3) is 22.3 Å². The number of rotatable bonds is 11. The lowest BCUT2D eigenvalue weighted by molar-refractivity contribution is 0.157. The van der Waals surface area contributed by atoms with Crippen LogP contribution in [-0.2, 0) is 0 Å². The Kier molecular flexibility index (Phi) is 11.1. The van der Waals surface area contributed by atoms with Crippen LogP contribution < -0.4 is 4.74 Å². The van der Waals surface area contributed by atoms with E-state index in [1.165, 1.54) is 63.5 Å². The Labute approximate surface area is 256 Å². The fourth-order valence-corrected chi connectivity index (χ4v) is 7.41. The van der Waals surface area contributed by atoms with Crippen molar-refractivity contribution in [3.63, 3.8) is 0 Å². The molecule has 3 aromatic rings. The lowest BCUT2D eigenvalue weighted by Crippen LogP contribution is -2.25. The van der Waals surface area contributed by atoms with Gasteiger partial charge in [0.2, 0.25) is 5.82 Å². The largest absolute Gasteiger partial charge is 0.490 e. The molecule has 0 bridgehead atoms. The molecule has 2 aliphatic carbocycles. The van der Waals surface area contributed by atoms with Gasteiger partial charge in [0, 0.05) is 11.1 Å². The first-order valence-electron chi connectivity index (χ1n) is 16.6. The third-order valence-corrected chi connectivity index (χ3v) is 10.1. The van der Waals surface area contributed by atoms with Gasteiger partial charge in [-0.3, -0.25) is 0 Å². The van der Waals surface area contributed by atoms with E-state index in [0.29, 0.717) is 23.7 Å². The minimum absolute atomic E-state index is 0.0692. The molecule has 0 aromatic heterocycles. The molecule has 2 saturated carbocycles. The second kappa shape index (κ2) is 15.1. The van der Waals surface area contributed by atoms with Gasteiger partial charge in [-0.2, -0.15) is 4.39 Å². The van der Waals surface area contributed by atoms with E-state index >= 15 is 4.39 Å². The Balaban J connectivity index is 1.17. The second-order valence-corrected chi connectivity index (χ2v) is 12.8. The summed E-state index contributed by atoms with van der Waals surface area (Å²) in [4.78, 5) is 0. The van der Waals surface area contributed by atoms with E-state index in [-0.39, 0.29) is 17.1 Å². The molecule has 0 spiro atoms. The van der Waals surface area contributed by atoms with Crippen LogP contribution in [0.15, 0.2) is 66.7 Å². The average Bonchev–Trinajstić information content (AvgIpc) is 3.04. The van der Waals surface area contributed by atoms with Crippen molar-refractivity contribution < 1.29 is 17.9 Å². The minimum Gasteiger partial charge on any atom is -0.490 e. The van der Waals surface area contributed by atoms with E-state index in [4.69, 9.17) is 4.74 Å². The van der Waals surface area contributed by atoms with Crippen molar-refractivity contribution in [1.82, 2.24) is 0 Å². The highest BCUT2D eigenvalue weighted by molar-refractivity contribution is 5.71. The zero-order valence-corrected chi connectivity index (χ0v) is 25.9. The maximum absolute atomic E-state index is 15.4. The van der Waals surface area contributed by atoms with Gasteiger partial charge in [-0.15, -0.1) is 0 Å². The van der Waals surface area contributed by atoms with Gasteiger partial charge in [0.15, 0.2) is 11.6 Å². The fraction of sp³-hybridized carbons (Fsp3) is 0.487. The molecule has 2 fully saturated rings. The lowest BCUT2D eigenvalue weighted by atomic mass is 9.68. The van der Waals surface area contributed by atoms with Crippen molar-refractivity contribution in [1.29, 1.82) is 0 Å². The molecule has 0 saturated heterocycles. The van der Waals surface area contributed by atoms with Crippen LogP contribution in [0.5, 0.6) is 5.75 Å². The first-order chi connectivity index (χ1) is 21.0. The number of allylic oxidation sites excluding steroid dienone is 2. The summed E-state index contributed by atoms with van der Waals surface area (Å²) in [6.07, 6.45) is 19.1. The summed E-state index contributed by atoms with van der Waals surface area (Å²) < 4.78 is 50.2. The summed E-state index contributed by atoms with van der Waals surface area (Å²) in [6, 6.07) is 15.7. The Hall–Kier alpha value is -3.01. The molecular formula is C39H47F3O. The Bertz CT molecular complexity index is 1350. The molecule has 0 unspecified atom stereocenters. The lowest BCUT2D eigenvalue weighted by Gasteiger charge is -2.38. The minimum atomic E-state index is -0.976. The molecule has 4 heteroatoms. The summed E-state index contributed by atoms with van der Waals surface area (Å²) in [6.45, 7) is 4.47. The monoisotopic (exact) mass is 588 g/mol. The van der Waals surface area contributed by atoms with Gasteiger partial charge >= 0.3 is 0 Å². The van der Waals surface area contributed by atoms with Crippen LogP contribution in [0.1, 0.15) is 102 Å². The third kappa shape index (κ3) is 7.75. The predicted molar refractivity (Wildman–Crippen MR) is 172 cm³/mol. The second-order valence-electron chi connectivity index (χ2n) is 12.8. The molecule has 0 N–H and O–H groups in total. The summed E-state index contributed by atoms with van der Waals surface area (Å²) in [7, 11) is 0. The number of unbranched alkanes of at least 4 members (excludes halogenated alkanes) is 1. The summed E-state index contributed by atoms with van der Waals surface area (Å²) >= 11 is 0. The van der Waals surface area contributed by atoms with Gasteiger partial charge in [-0.1, -0.05) is 74.7 Å². The van der Waals surface area contributed by atoms with Crippen LogP contribution in [0.4, 0.5) is 13.2 Å². The molecular weight excluding hydrogens is 541 g/mol. The van der Waals surface area contributed by atoms with Crippen molar-refractivity contribution in [2.24, 2.45) is 17.8 Å². The van der Waals surface area contributed by atoms with E-state index in [1.54, 1.807) is 30.3 Å². The number of halogens is 3. The molecule has 43 heavy (non-hydrogen) atoms. The normalized spacial score (nSPS) is 22.6. The number of benzene rings is 3. The van der Waals surface area contributed by atoms with E-state index < -0.39 is 11.6 Å². The quantitative estimate of drug-likeness (QED) is 0.160. The van der Waals surface area contributed by atoms with E-state index in [2.05, 4.69) is 25.1 Å². The number of hydrogen-bond acceptors (Lipinski definition) is 1. The molecule has 0 atom stereocenters. The van der Waals surface area contributed by atoms with Crippen molar-refractivity contribution >= 4 is 0 Å². The Morgan fingerprint density at radius 1 is 0.744 bits per heavy atom. The van der Waals surface area contributed by atoms with Crippen molar-refractivity contribution in [2.45, 2.75) is 96.8 Å². The average molecular weight is 589 g/mol. The molecule has 2 aliphatic rings. The maximum atomic E-state index is 15.4. The van der Waals surface area contributed by atoms with Crippen LogP contribution in [0, 0.1) is 35.2 Å². The van der Waals surface area contributed by atoms with E-state index in [9.17, 15) is 8.78 Å². The van der Waals surface area contributed by atoms with Crippen LogP contribution in [0.3, 0.4) is 0 Å². The molecule has 0 heterocycles. The van der Waals surface area contributed by atoms with Crippen molar-refractivity contribution in [3.05, 3.63) is 89.8 Å². The van der Waals surface area contributed by atoms with Gasteiger partial charge in [-0.05, 0) is 123 Å².